The lowest BCUT2D eigenvalue weighted by Crippen LogP contribution is -2.40. The summed E-state index contributed by atoms with van der Waals surface area (Å²) in [5.41, 5.74) is 0.328. The van der Waals surface area contributed by atoms with E-state index in [2.05, 4.69) is 5.10 Å². The molecule has 0 saturated carbocycles. The summed E-state index contributed by atoms with van der Waals surface area (Å²) in [6.07, 6.45) is 5.49. The lowest BCUT2D eigenvalue weighted by molar-refractivity contribution is -0.141. The highest BCUT2D eigenvalue weighted by Crippen LogP contribution is 2.22. The van der Waals surface area contributed by atoms with Crippen LogP contribution in [0.4, 0.5) is 0 Å². The van der Waals surface area contributed by atoms with Gasteiger partial charge in [-0.2, -0.15) is 5.10 Å². The summed E-state index contributed by atoms with van der Waals surface area (Å²) in [5.74, 6) is 0.139. The third kappa shape index (κ3) is 2.94. The van der Waals surface area contributed by atoms with Crippen LogP contribution in [-0.2, 0) is 22.5 Å². The molecule has 0 radical (unpaired) electrons. The lowest BCUT2D eigenvalue weighted by atomic mass is 9.89. The number of Topliss-reactive ketones (excluding diaryl/α,β-unsaturated/α-hetero) is 1. The first-order valence-electron chi connectivity index (χ1n) is 6.21. The molecule has 4 nitrogen and oxygen atoms in total. The Kier molecular flexibility index (Phi) is 4.87. The minimum Gasteiger partial charge on any atom is -0.370 e. The number of aryl methyl sites for hydroxylation is 1. The van der Waals surface area contributed by atoms with Crippen molar-refractivity contribution in [2.45, 2.75) is 52.2 Å². The summed E-state index contributed by atoms with van der Waals surface area (Å²) in [4.78, 5) is 12.3. The van der Waals surface area contributed by atoms with Gasteiger partial charge in [-0.15, -0.1) is 0 Å². The molecule has 4 heteroatoms. The van der Waals surface area contributed by atoms with Crippen LogP contribution in [0.3, 0.4) is 0 Å². The molecule has 1 aromatic rings. The SMILES string of the molecule is CCn1cc(CC(=O)C(CC)(CC)OC)cn1. The maximum absolute atomic E-state index is 12.3. The summed E-state index contributed by atoms with van der Waals surface area (Å²) in [5, 5.41) is 4.17. The van der Waals surface area contributed by atoms with E-state index in [9.17, 15) is 4.79 Å². The topological polar surface area (TPSA) is 44.1 Å². The van der Waals surface area contributed by atoms with E-state index in [4.69, 9.17) is 4.74 Å². The van der Waals surface area contributed by atoms with E-state index in [-0.39, 0.29) is 5.78 Å². The van der Waals surface area contributed by atoms with Gasteiger partial charge >= 0.3 is 0 Å². The zero-order valence-corrected chi connectivity index (χ0v) is 11.2. The van der Waals surface area contributed by atoms with Crippen molar-refractivity contribution in [1.82, 2.24) is 9.78 Å². The first-order chi connectivity index (χ1) is 8.11. The molecule has 0 aliphatic heterocycles. The Balaban J connectivity index is 2.76. The van der Waals surface area contributed by atoms with Crippen molar-refractivity contribution in [2.24, 2.45) is 0 Å². The fourth-order valence-corrected chi connectivity index (χ4v) is 2.06. The molecule has 0 aromatic carbocycles. The molecule has 1 rings (SSSR count). The van der Waals surface area contributed by atoms with Gasteiger partial charge in [0.1, 0.15) is 5.60 Å². The molecule has 0 bridgehead atoms. The van der Waals surface area contributed by atoms with Gasteiger partial charge in [0.05, 0.1) is 6.20 Å². The Morgan fingerprint density at radius 3 is 2.47 bits per heavy atom. The number of carbonyl (C=O) groups is 1. The molecule has 17 heavy (non-hydrogen) atoms. The zero-order chi connectivity index (χ0) is 12.9. The second kappa shape index (κ2) is 5.96. The average Bonchev–Trinajstić information content (AvgIpc) is 2.80. The first kappa shape index (κ1) is 13.9. The van der Waals surface area contributed by atoms with Crippen LogP contribution in [0.2, 0.25) is 0 Å². The molecule has 96 valence electrons. The molecule has 0 fully saturated rings. The summed E-state index contributed by atoms with van der Waals surface area (Å²) < 4.78 is 7.26. The number of ether oxygens (including phenoxy) is 1. The predicted octanol–water partition coefficient (Wildman–Crippen LogP) is 2.22. The highest BCUT2D eigenvalue weighted by Gasteiger charge is 2.34. The average molecular weight is 238 g/mol. The maximum atomic E-state index is 12.3. The van der Waals surface area contributed by atoms with Crippen molar-refractivity contribution in [1.29, 1.82) is 0 Å². The van der Waals surface area contributed by atoms with Crippen LogP contribution in [-0.4, -0.2) is 28.3 Å². The number of hydrogen-bond acceptors (Lipinski definition) is 3. The molecule has 0 N–H and O–H groups in total. The zero-order valence-electron chi connectivity index (χ0n) is 11.2. The fourth-order valence-electron chi connectivity index (χ4n) is 2.06. The number of methoxy groups -OCH3 is 1. The summed E-state index contributed by atoms with van der Waals surface area (Å²) >= 11 is 0. The quantitative estimate of drug-likeness (QED) is 0.731. The molecule has 0 aliphatic carbocycles. The van der Waals surface area contributed by atoms with E-state index in [0.717, 1.165) is 12.1 Å². The molecule has 0 aliphatic rings. The largest absolute Gasteiger partial charge is 0.370 e. The Labute approximate surface area is 103 Å². The fraction of sp³-hybridized carbons (Fsp3) is 0.692. The van der Waals surface area contributed by atoms with Gasteiger partial charge in [0.15, 0.2) is 5.78 Å². The molecule has 0 atom stereocenters. The van der Waals surface area contributed by atoms with Crippen LogP contribution < -0.4 is 0 Å². The van der Waals surface area contributed by atoms with Crippen molar-refractivity contribution in [3.8, 4) is 0 Å². The van der Waals surface area contributed by atoms with E-state index < -0.39 is 5.60 Å². The van der Waals surface area contributed by atoms with Crippen molar-refractivity contribution in [2.75, 3.05) is 7.11 Å². The minimum atomic E-state index is -0.631. The molecule has 1 heterocycles. The van der Waals surface area contributed by atoms with E-state index in [1.807, 2.05) is 31.6 Å². The monoisotopic (exact) mass is 238 g/mol. The Bertz CT molecular complexity index is 359. The van der Waals surface area contributed by atoms with E-state index in [1.54, 1.807) is 13.3 Å². The van der Waals surface area contributed by atoms with E-state index >= 15 is 0 Å². The second-order valence-electron chi connectivity index (χ2n) is 4.21. The van der Waals surface area contributed by atoms with Gasteiger partial charge in [-0.05, 0) is 25.3 Å². The number of ketones is 1. The third-order valence-corrected chi connectivity index (χ3v) is 3.42. The van der Waals surface area contributed by atoms with Gasteiger partial charge in [-0.25, -0.2) is 0 Å². The normalized spacial score (nSPS) is 11.8. The van der Waals surface area contributed by atoms with Crippen LogP contribution >= 0.6 is 0 Å². The number of carbonyl (C=O) groups excluding carboxylic acids is 1. The number of aromatic nitrogens is 2. The number of hydrogen-bond donors (Lipinski definition) is 0. The highest BCUT2D eigenvalue weighted by atomic mass is 16.5. The molecule has 1 aromatic heterocycles. The Hall–Kier alpha value is -1.16. The van der Waals surface area contributed by atoms with Crippen molar-refractivity contribution < 1.29 is 9.53 Å². The lowest BCUT2D eigenvalue weighted by Gasteiger charge is -2.28. The van der Waals surface area contributed by atoms with E-state index in [0.29, 0.717) is 19.3 Å². The van der Waals surface area contributed by atoms with Gasteiger partial charge in [-0.3, -0.25) is 9.48 Å². The van der Waals surface area contributed by atoms with Crippen molar-refractivity contribution in [3.05, 3.63) is 18.0 Å². The summed E-state index contributed by atoms with van der Waals surface area (Å²) in [6.45, 7) is 6.82. The van der Waals surface area contributed by atoms with Crippen LogP contribution in [0.5, 0.6) is 0 Å². The molecule has 0 spiro atoms. The number of rotatable bonds is 7. The predicted molar refractivity (Wildman–Crippen MR) is 66.9 cm³/mol. The molecule has 0 unspecified atom stereocenters. The van der Waals surface area contributed by atoms with Crippen molar-refractivity contribution >= 4 is 5.78 Å². The van der Waals surface area contributed by atoms with Gasteiger partial charge in [0.25, 0.3) is 0 Å². The maximum Gasteiger partial charge on any atom is 0.169 e. The minimum absolute atomic E-state index is 0.139. The van der Waals surface area contributed by atoms with Gasteiger partial charge in [0.2, 0.25) is 0 Å². The summed E-state index contributed by atoms with van der Waals surface area (Å²) in [6, 6.07) is 0. The number of nitrogens with zero attached hydrogens (tertiary/aromatic N) is 2. The van der Waals surface area contributed by atoms with Crippen LogP contribution in [0.1, 0.15) is 39.2 Å². The Morgan fingerprint density at radius 1 is 1.41 bits per heavy atom. The molecular formula is C13H22N2O2. The van der Waals surface area contributed by atoms with Gasteiger partial charge < -0.3 is 4.74 Å². The van der Waals surface area contributed by atoms with Crippen LogP contribution in [0, 0.1) is 0 Å². The Morgan fingerprint density at radius 2 is 2.06 bits per heavy atom. The van der Waals surface area contributed by atoms with Crippen LogP contribution in [0.25, 0.3) is 0 Å². The van der Waals surface area contributed by atoms with Crippen LogP contribution in [0.15, 0.2) is 12.4 Å². The molecule has 0 saturated heterocycles. The standard InChI is InChI=1S/C13H22N2O2/c1-5-13(6-2,17-4)12(16)8-11-9-14-15(7-3)10-11/h9-10H,5-8H2,1-4H3. The van der Waals surface area contributed by atoms with Gasteiger partial charge in [0, 0.05) is 26.3 Å². The highest BCUT2D eigenvalue weighted by molar-refractivity contribution is 5.89. The van der Waals surface area contributed by atoms with Crippen molar-refractivity contribution in [3.63, 3.8) is 0 Å². The molecular weight excluding hydrogens is 216 g/mol. The van der Waals surface area contributed by atoms with Gasteiger partial charge in [-0.1, -0.05) is 13.8 Å². The summed E-state index contributed by atoms with van der Waals surface area (Å²) in [7, 11) is 1.61. The third-order valence-electron chi connectivity index (χ3n) is 3.42. The smallest absolute Gasteiger partial charge is 0.169 e. The second-order valence-corrected chi connectivity index (χ2v) is 4.21. The first-order valence-corrected chi connectivity index (χ1v) is 6.21. The molecule has 0 amide bonds. The van der Waals surface area contributed by atoms with E-state index in [1.165, 1.54) is 0 Å².